The van der Waals surface area contributed by atoms with Gasteiger partial charge in [0.1, 0.15) is 0 Å². The molecule has 0 bridgehead atoms. The molecule has 1 aliphatic rings. The molecule has 0 spiro atoms. The van der Waals surface area contributed by atoms with E-state index in [1.807, 2.05) is 0 Å². The molecule has 0 unspecified atom stereocenters. The first-order valence-corrected chi connectivity index (χ1v) is 7.62. The third-order valence-electron chi connectivity index (χ3n) is 3.54. The molecule has 0 aromatic heterocycles. The summed E-state index contributed by atoms with van der Waals surface area (Å²) in [7, 11) is 1.49. The van der Waals surface area contributed by atoms with Crippen molar-refractivity contribution < 1.29 is 19.1 Å². The summed E-state index contributed by atoms with van der Waals surface area (Å²) in [6, 6.07) is 4.78. The molecule has 1 aromatic carbocycles. The van der Waals surface area contributed by atoms with Crippen LogP contribution in [0.25, 0.3) is 0 Å². The number of thiocarbonyl (C=S) groups is 1. The van der Waals surface area contributed by atoms with E-state index in [0.717, 1.165) is 5.56 Å². The van der Waals surface area contributed by atoms with Crippen LogP contribution in [-0.4, -0.2) is 30.5 Å². The average Bonchev–Trinajstić information content (AvgIpc) is 2.51. The summed E-state index contributed by atoms with van der Waals surface area (Å²) >= 11 is 5.18. The second kappa shape index (κ2) is 7.31. The van der Waals surface area contributed by atoms with Crippen molar-refractivity contribution in [1.29, 1.82) is 0 Å². The third-order valence-corrected chi connectivity index (χ3v) is 3.76. The van der Waals surface area contributed by atoms with Crippen LogP contribution in [0.3, 0.4) is 0 Å². The van der Waals surface area contributed by atoms with Gasteiger partial charge >= 0.3 is 0 Å². The maximum absolute atomic E-state index is 12.0. The Morgan fingerprint density at radius 3 is 2.62 bits per heavy atom. The highest BCUT2D eigenvalue weighted by atomic mass is 32.1. The zero-order chi connectivity index (χ0) is 17.9. The van der Waals surface area contributed by atoms with Crippen molar-refractivity contribution >= 4 is 29.0 Å². The molecule has 0 aliphatic carbocycles. The number of benzene rings is 1. The number of nitrogens with two attached hydrogens (primary N) is 1. The zero-order valence-corrected chi connectivity index (χ0v) is 14.5. The van der Waals surface area contributed by atoms with Crippen LogP contribution in [0.5, 0.6) is 11.5 Å². The van der Waals surface area contributed by atoms with Gasteiger partial charge in [-0.15, -0.1) is 0 Å². The summed E-state index contributed by atoms with van der Waals surface area (Å²) in [6.45, 7) is 3.06. The predicted octanol–water partition coefficient (Wildman–Crippen LogP) is 0.941. The number of ether oxygens (including phenoxy) is 2. The number of ketones is 1. The molecule has 4 N–H and O–H groups in total. The lowest BCUT2D eigenvalue weighted by Gasteiger charge is -2.30. The number of carbonyl (C=O) groups excluding carboxylic acids is 2. The summed E-state index contributed by atoms with van der Waals surface area (Å²) < 4.78 is 10.6. The molecule has 24 heavy (non-hydrogen) atoms. The summed E-state index contributed by atoms with van der Waals surface area (Å²) in [5.74, 6) is 0.180. The van der Waals surface area contributed by atoms with E-state index in [-0.39, 0.29) is 12.4 Å². The summed E-state index contributed by atoms with van der Waals surface area (Å²) in [6.07, 6.45) is 0. The molecule has 7 nitrogen and oxygen atoms in total. The fraction of sp³-hybridized carbons (Fsp3) is 0.312. The second-order valence-corrected chi connectivity index (χ2v) is 5.70. The number of rotatable bonds is 6. The summed E-state index contributed by atoms with van der Waals surface area (Å²) in [4.78, 5) is 22.9. The number of Topliss-reactive ketones (excluding diaryl/α,β-unsaturated/α-hetero) is 1. The fourth-order valence-electron chi connectivity index (χ4n) is 2.54. The highest BCUT2D eigenvalue weighted by Gasteiger charge is 2.28. The minimum absolute atomic E-state index is 0.0620. The lowest BCUT2D eigenvalue weighted by Crippen LogP contribution is -2.44. The Morgan fingerprint density at radius 2 is 2.04 bits per heavy atom. The molecular formula is C16H19N3O4S. The number of methoxy groups -OCH3 is 1. The van der Waals surface area contributed by atoms with Gasteiger partial charge in [0.05, 0.1) is 13.2 Å². The molecule has 0 radical (unpaired) electrons. The molecule has 1 amide bonds. The number of carbonyl (C=O) groups is 2. The Labute approximate surface area is 145 Å². The molecule has 2 rings (SSSR count). The molecule has 0 fully saturated rings. The first kappa shape index (κ1) is 17.7. The quantitative estimate of drug-likeness (QED) is 0.657. The van der Waals surface area contributed by atoms with E-state index in [0.29, 0.717) is 27.9 Å². The predicted molar refractivity (Wildman–Crippen MR) is 92.7 cm³/mol. The highest BCUT2D eigenvalue weighted by molar-refractivity contribution is 7.80. The summed E-state index contributed by atoms with van der Waals surface area (Å²) in [5, 5.41) is 6.48. The monoisotopic (exact) mass is 349 g/mol. The Kier molecular flexibility index (Phi) is 5.40. The normalized spacial score (nSPS) is 17.0. The largest absolute Gasteiger partial charge is 0.493 e. The molecule has 8 heteroatoms. The Hall–Kier alpha value is -2.61. The van der Waals surface area contributed by atoms with Gasteiger partial charge in [0.15, 0.2) is 29.0 Å². The standard InChI is InChI=1S/C16H19N3O4S/c1-8-14(9(2)20)15(19-16(24)18-8)10-4-5-11(12(6-10)22-3)23-7-13(17)21/h4-6,15H,7H2,1-3H3,(H2,17,21)(H2,18,19,24)/t15-/m0/s1. The summed E-state index contributed by atoms with van der Waals surface area (Å²) in [5.41, 5.74) is 7.17. The molecule has 0 saturated carbocycles. The van der Waals surface area contributed by atoms with Crippen molar-refractivity contribution in [1.82, 2.24) is 10.6 Å². The van der Waals surface area contributed by atoms with Gasteiger partial charge in [-0.2, -0.15) is 0 Å². The van der Waals surface area contributed by atoms with Crippen LogP contribution >= 0.6 is 12.2 Å². The number of primary amides is 1. The van der Waals surface area contributed by atoms with Gasteiger partial charge in [0.25, 0.3) is 5.91 Å². The van der Waals surface area contributed by atoms with Crippen molar-refractivity contribution in [2.75, 3.05) is 13.7 Å². The number of amides is 1. The number of nitrogens with one attached hydrogen (secondary N) is 2. The number of hydrogen-bond donors (Lipinski definition) is 3. The van der Waals surface area contributed by atoms with Crippen LogP contribution in [0.2, 0.25) is 0 Å². The van der Waals surface area contributed by atoms with Crippen molar-refractivity contribution in [3.05, 3.63) is 35.0 Å². The van der Waals surface area contributed by atoms with E-state index < -0.39 is 11.9 Å². The molecule has 0 saturated heterocycles. The van der Waals surface area contributed by atoms with Gasteiger partial charge in [-0.25, -0.2) is 0 Å². The maximum atomic E-state index is 12.0. The van der Waals surface area contributed by atoms with Crippen LogP contribution in [0, 0.1) is 0 Å². The average molecular weight is 349 g/mol. The molecule has 1 heterocycles. The molecular weight excluding hydrogens is 330 g/mol. The molecule has 1 atom stereocenters. The minimum Gasteiger partial charge on any atom is -0.493 e. The lowest BCUT2D eigenvalue weighted by atomic mass is 9.93. The van der Waals surface area contributed by atoms with Crippen molar-refractivity contribution in [3.63, 3.8) is 0 Å². The van der Waals surface area contributed by atoms with E-state index >= 15 is 0 Å². The lowest BCUT2D eigenvalue weighted by molar-refractivity contribution is -0.120. The number of hydrogen-bond acceptors (Lipinski definition) is 5. The first-order valence-electron chi connectivity index (χ1n) is 7.21. The van der Waals surface area contributed by atoms with Crippen LogP contribution < -0.4 is 25.8 Å². The van der Waals surface area contributed by atoms with Crippen LogP contribution in [0.4, 0.5) is 0 Å². The van der Waals surface area contributed by atoms with Gasteiger partial charge in [0, 0.05) is 11.3 Å². The molecule has 128 valence electrons. The van der Waals surface area contributed by atoms with Gasteiger partial charge in [-0.3, -0.25) is 9.59 Å². The highest BCUT2D eigenvalue weighted by Crippen LogP contribution is 2.34. The SMILES string of the molecule is COc1cc([C@@H]2NC(=S)NC(C)=C2C(C)=O)ccc1OCC(N)=O. The Balaban J connectivity index is 2.40. The van der Waals surface area contributed by atoms with Crippen molar-refractivity contribution in [2.45, 2.75) is 19.9 Å². The Bertz CT molecular complexity index is 730. The van der Waals surface area contributed by atoms with E-state index in [4.69, 9.17) is 27.4 Å². The minimum atomic E-state index is -0.580. The number of allylic oxidation sites excluding steroid dienone is 1. The van der Waals surface area contributed by atoms with Crippen LogP contribution in [-0.2, 0) is 9.59 Å². The van der Waals surface area contributed by atoms with Crippen molar-refractivity contribution in [2.24, 2.45) is 5.73 Å². The maximum Gasteiger partial charge on any atom is 0.255 e. The first-order chi connectivity index (χ1) is 11.3. The van der Waals surface area contributed by atoms with Crippen LogP contribution in [0.1, 0.15) is 25.5 Å². The van der Waals surface area contributed by atoms with Crippen LogP contribution in [0.15, 0.2) is 29.5 Å². The zero-order valence-electron chi connectivity index (χ0n) is 13.6. The third kappa shape index (κ3) is 3.83. The van der Waals surface area contributed by atoms with Gasteiger partial charge in [-0.05, 0) is 43.8 Å². The molecule has 1 aliphatic heterocycles. The van der Waals surface area contributed by atoms with Gasteiger partial charge < -0.3 is 25.8 Å². The van der Waals surface area contributed by atoms with E-state index in [9.17, 15) is 9.59 Å². The Morgan fingerprint density at radius 1 is 1.33 bits per heavy atom. The van der Waals surface area contributed by atoms with Crippen molar-refractivity contribution in [3.8, 4) is 11.5 Å². The second-order valence-electron chi connectivity index (χ2n) is 5.29. The molecule has 1 aromatic rings. The van der Waals surface area contributed by atoms with Gasteiger partial charge in [-0.1, -0.05) is 6.07 Å². The smallest absolute Gasteiger partial charge is 0.255 e. The van der Waals surface area contributed by atoms with Gasteiger partial charge in [0.2, 0.25) is 0 Å². The van der Waals surface area contributed by atoms with E-state index in [1.165, 1.54) is 14.0 Å². The topological polar surface area (TPSA) is 103 Å². The fourth-order valence-corrected chi connectivity index (χ4v) is 2.81. The van der Waals surface area contributed by atoms with E-state index in [1.54, 1.807) is 25.1 Å². The van der Waals surface area contributed by atoms with E-state index in [2.05, 4.69) is 10.6 Å².